The lowest BCUT2D eigenvalue weighted by Crippen LogP contribution is -2.66. The third kappa shape index (κ3) is 17.0. The Balaban J connectivity index is 1.07. The maximum absolute atomic E-state index is 10.5. The van der Waals surface area contributed by atoms with E-state index in [0.29, 0.717) is 6.61 Å². The zero-order valence-electron chi connectivity index (χ0n) is 35.5. The average molecular weight is 781 g/mol. The number of rotatable bonds is 28. The molecule has 0 saturated carbocycles. The summed E-state index contributed by atoms with van der Waals surface area (Å²) in [5.41, 5.74) is 0. The summed E-state index contributed by atoms with van der Waals surface area (Å²) in [7, 11) is -2.56. The summed E-state index contributed by atoms with van der Waals surface area (Å²) in [5.74, 6) is 0. The summed E-state index contributed by atoms with van der Waals surface area (Å²) in [6.45, 7) is 11.6. The predicted octanol–water partition coefficient (Wildman–Crippen LogP) is 11.4. The lowest BCUT2D eigenvalue weighted by molar-refractivity contribution is -0.191. The topological polar surface area (TPSA) is 66.4 Å². The smallest absolute Gasteiger partial charge is 0.261 e. The molecule has 0 amide bonds. The third-order valence-electron chi connectivity index (χ3n) is 11.9. The Hall–Kier alpha value is -1.58. The van der Waals surface area contributed by atoms with Gasteiger partial charge in [-0.05, 0) is 93.0 Å². The van der Waals surface area contributed by atoms with Crippen LogP contribution in [0.3, 0.4) is 0 Å². The van der Waals surface area contributed by atoms with Crippen molar-refractivity contribution < 1.29 is 28.5 Å². The van der Waals surface area contributed by atoms with Crippen LogP contribution in [0, 0.1) is 0 Å². The molecule has 2 fully saturated rings. The summed E-state index contributed by atoms with van der Waals surface area (Å²) in [5, 5.41) is 13.1. The number of hydrogen-bond acceptors (Lipinski definition) is 6. The molecular weight excluding hydrogens is 701 g/mol. The SMILES string of the molecule is CC(CCCCC[C@@H](O)CCCCCCCCCCC[C@H](CCO[Si](c1ccccc1)(c1ccccc1)C(C)(C)C)OC1CCCCO1)OC1CCCCO1. The van der Waals surface area contributed by atoms with E-state index in [1.54, 1.807) is 0 Å². The van der Waals surface area contributed by atoms with Crippen molar-refractivity contribution in [1.29, 1.82) is 0 Å². The van der Waals surface area contributed by atoms with Gasteiger partial charge < -0.3 is 28.5 Å². The molecule has 2 aromatic rings. The van der Waals surface area contributed by atoms with E-state index in [1.807, 2.05) is 0 Å². The van der Waals surface area contributed by atoms with Crippen LogP contribution < -0.4 is 10.4 Å². The maximum atomic E-state index is 10.5. The number of aliphatic hydroxyl groups is 1. The van der Waals surface area contributed by atoms with Gasteiger partial charge >= 0.3 is 0 Å². The minimum absolute atomic E-state index is 0.0105. The van der Waals surface area contributed by atoms with Crippen LogP contribution in [-0.4, -0.2) is 64.1 Å². The van der Waals surface area contributed by atoms with Gasteiger partial charge in [0.1, 0.15) is 0 Å². The van der Waals surface area contributed by atoms with Gasteiger partial charge in [0.25, 0.3) is 8.32 Å². The highest BCUT2D eigenvalue weighted by Crippen LogP contribution is 2.37. The van der Waals surface area contributed by atoms with E-state index < -0.39 is 8.32 Å². The molecule has 2 aliphatic heterocycles. The van der Waals surface area contributed by atoms with Crippen LogP contribution in [0.2, 0.25) is 5.04 Å². The molecule has 0 aromatic heterocycles. The van der Waals surface area contributed by atoms with Crippen LogP contribution in [-0.2, 0) is 23.4 Å². The van der Waals surface area contributed by atoms with Gasteiger partial charge in [0, 0.05) is 19.8 Å². The second kappa shape index (κ2) is 26.4. The van der Waals surface area contributed by atoms with Crippen molar-refractivity contribution in [2.45, 2.75) is 211 Å². The molecule has 2 aliphatic rings. The Labute approximate surface area is 337 Å². The van der Waals surface area contributed by atoms with Gasteiger partial charge in [0.05, 0.1) is 18.3 Å². The highest BCUT2D eigenvalue weighted by atomic mass is 28.4. The van der Waals surface area contributed by atoms with Crippen LogP contribution in [0.25, 0.3) is 0 Å². The summed E-state index contributed by atoms with van der Waals surface area (Å²) in [6.07, 6.45) is 26.7. The van der Waals surface area contributed by atoms with Crippen molar-refractivity contribution in [3.63, 3.8) is 0 Å². The second-order valence-electron chi connectivity index (χ2n) is 17.6. The Bertz CT molecular complexity index is 1170. The molecule has 0 radical (unpaired) electrons. The number of hydrogen-bond donors (Lipinski definition) is 1. The standard InChI is InChI=1S/C48H80O6Si/c1-41(53-46-35-23-25-38-50-46)27-15-12-17-29-42(49)28-16-10-8-6-5-7-9-11-18-30-43(54-47-36-24-26-39-51-47)37-40-52-55(48(2,3)4,44-31-19-13-20-32-44)45-33-21-14-22-34-45/h13-14,19-22,31-34,41-43,46-47,49H,5-12,15-18,23-30,35-40H2,1-4H3/t41?,42-,43+,46?,47?/m0/s1. The molecule has 2 heterocycles. The summed E-state index contributed by atoms with van der Waals surface area (Å²) in [6, 6.07) is 21.9. The second-order valence-corrected chi connectivity index (χ2v) is 22.0. The monoisotopic (exact) mass is 781 g/mol. The quantitative estimate of drug-likeness (QED) is 0.0685. The molecule has 2 saturated heterocycles. The zero-order chi connectivity index (χ0) is 39.0. The van der Waals surface area contributed by atoms with E-state index in [0.717, 1.165) is 83.8 Å². The largest absolute Gasteiger partial charge is 0.407 e. The third-order valence-corrected chi connectivity index (χ3v) is 16.9. The highest BCUT2D eigenvalue weighted by molar-refractivity contribution is 6.99. The van der Waals surface area contributed by atoms with Crippen LogP contribution in [0.15, 0.2) is 60.7 Å². The van der Waals surface area contributed by atoms with Crippen molar-refractivity contribution >= 4 is 18.7 Å². The van der Waals surface area contributed by atoms with E-state index in [2.05, 4.69) is 88.4 Å². The van der Waals surface area contributed by atoms with E-state index in [-0.39, 0.29) is 35.9 Å². The molecule has 1 N–H and O–H groups in total. The molecule has 4 rings (SSSR count). The lowest BCUT2D eigenvalue weighted by Gasteiger charge is -2.43. The lowest BCUT2D eigenvalue weighted by atomic mass is 10.0. The average Bonchev–Trinajstić information content (AvgIpc) is 3.19. The van der Waals surface area contributed by atoms with Crippen LogP contribution in [0.5, 0.6) is 0 Å². The Morgan fingerprint density at radius 3 is 1.55 bits per heavy atom. The Kier molecular flexibility index (Phi) is 22.2. The summed E-state index contributed by atoms with van der Waals surface area (Å²) >= 11 is 0. The van der Waals surface area contributed by atoms with Gasteiger partial charge in [-0.25, -0.2) is 0 Å². The summed E-state index contributed by atoms with van der Waals surface area (Å²) < 4.78 is 31.7. The molecule has 7 heteroatoms. The van der Waals surface area contributed by atoms with Gasteiger partial charge in [-0.1, -0.05) is 158 Å². The van der Waals surface area contributed by atoms with Crippen molar-refractivity contribution in [1.82, 2.24) is 0 Å². The molecule has 312 valence electrons. The first-order valence-corrected chi connectivity index (χ1v) is 24.7. The highest BCUT2D eigenvalue weighted by Gasteiger charge is 2.50. The number of benzene rings is 2. The molecule has 2 aromatic carbocycles. The maximum Gasteiger partial charge on any atom is 0.261 e. The molecule has 0 aliphatic carbocycles. The van der Waals surface area contributed by atoms with E-state index in [4.69, 9.17) is 23.4 Å². The van der Waals surface area contributed by atoms with Crippen LogP contribution >= 0.6 is 0 Å². The van der Waals surface area contributed by atoms with Crippen molar-refractivity contribution in [3.8, 4) is 0 Å². The molecule has 0 spiro atoms. The van der Waals surface area contributed by atoms with Gasteiger partial charge in [-0.15, -0.1) is 0 Å². The number of ether oxygens (including phenoxy) is 4. The molecule has 55 heavy (non-hydrogen) atoms. The van der Waals surface area contributed by atoms with E-state index in [1.165, 1.54) is 87.4 Å². The van der Waals surface area contributed by atoms with Crippen LogP contribution in [0.4, 0.5) is 0 Å². The van der Waals surface area contributed by atoms with Crippen molar-refractivity contribution in [3.05, 3.63) is 60.7 Å². The predicted molar refractivity (Wildman–Crippen MR) is 231 cm³/mol. The first kappa shape index (κ1) is 46.1. The van der Waals surface area contributed by atoms with Crippen molar-refractivity contribution in [2.75, 3.05) is 19.8 Å². The summed E-state index contributed by atoms with van der Waals surface area (Å²) in [4.78, 5) is 0. The fourth-order valence-corrected chi connectivity index (χ4v) is 13.3. The molecule has 0 bridgehead atoms. The van der Waals surface area contributed by atoms with E-state index >= 15 is 0 Å². The molecular formula is C48H80O6Si. The van der Waals surface area contributed by atoms with Gasteiger partial charge in [-0.3, -0.25) is 0 Å². The number of aliphatic hydroxyl groups excluding tert-OH is 1. The molecule has 5 atom stereocenters. The first-order valence-electron chi connectivity index (χ1n) is 22.7. The van der Waals surface area contributed by atoms with E-state index in [9.17, 15) is 5.11 Å². The van der Waals surface area contributed by atoms with Gasteiger partial charge in [-0.2, -0.15) is 0 Å². The van der Waals surface area contributed by atoms with Crippen molar-refractivity contribution in [2.24, 2.45) is 0 Å². The van der Waals surface area contributed by atoms with Crippen LogP contribution in [0.1, 0.15) is 175 Å². The fraction of sp³-hybridized carbons (Fsp3) is 0.750. The molecule has 3 unspecified atom stereocenters. The zero-order valence-corrected chi connectivity index (χ0v) is 36.5. The Morgan fingerprint density at radius 2 is 1.05 bits per heavy atom. The minimum Gasteiger partial charge on any atom is -0.407 e. The number of unbranched alkanes of at least 4 members (excludes halogenated alkanes) is 10. The van der Waals surface area contributed by atoms with Gasteiger partial charge in [0.2, 0.25) is 0 Å². The first-order chi connectivity index (χ1) is 26.8. The van der Waals surface area contributed by atoms with Gasteiger partial charge in [0.15, 0.2) is 12.6 Å². The fourth-order valence-electron chi connectivity index (χ4n) is 8.69. The normalized spacial score (nSPS) is 19.9. The minimum atomic E-state index is -2.56. The molecule has 6 nitrogen and oxygen atoms in total. The Morgan fingerprint density at radius 1 is 0.600 bits per heavy atom.